The van der Waals surface area contributed by atoms with Gasteiger partial charge in [-0.2, -0.15) is 0 Å². The highest BCUT2D eigenvalue weighted by Crippen LogP contribution is 2.36. The third-order valence-electron chi connectivity index (χ3n) is 4.56. The molecule has 2 aromatic rings. The Kier molecular flexibility index (Phi) is 3.21. The van der Waals surface area contributed by atoms with Gasteiger partial charge in [-0.3, -0.25) is 0 Å². The first-order chi connectivity index (χ1) is 9.90. The van der Waals surface area contributed by atoms with Crippen molar-refractivity contribution in [2.75, 3.05) is 13.2 Å². The average Bonchev–Trinajstić information content (AvgIpc) is 3.21. The highest BCUT2D eigenvalue weighted by molar-refractivity contribution is 5.83. The van der Waals surface area contributed by atoms with Crippen LogP contribution in [0, 0.1) is 5.92 Å². The second-order valence-electron chi connectivity index (χ2n) is 6.13. The van der Waals surface area contributed by atoms with E-state index in [1.165, 1.54) is 35.6 Å². The number of fused-ring (bicyclic) bond motifs is 1. The largest absolute Gasteiger partial charge is 0.373 e. The van der Waals surface area contributed by atoms with Crippen LogP contribution in [0.4, 0.5) is 0 Å². The van der Waals surface area contributed by atoms with Gasteiger partial charge in [-0.1, -0.05) is 36.4 Å². The summed E-state index contributed by atoms with van der Waals surface area (Å²) in [6, 6.07) is 16.1. The smallest absolute Gasteiger partial charge is 0.0866 e. The second kappa shape index (κ2) is 5.19. The molecule has 0 radical (unpaired) electrons. The minimum Gasteiger partial charge on any atom is -0.373 e. The number of nitrogens with one attached hydrogen (secondary N) is 1. The first kappa shape index (κ1) is 12.4. The van der Waals surface area contributed by atoms with Crippen molar-refractivity contribution >= 4 is 10.8 Å². The molecule has 20 heavy (non-hydrogen) atoms. The lowest BCUT2D eigenvalue weighted by atomic mass is 9.93. The summed E-state index contributed by atoms with van der Waals surface area (Å²) < 4.78 is 6.01. The Morgan fingerprint density at radius 3 is 2.70 bits per heavy atom. The SMILES string of the molecule is c1ccc2cc(C3OCCC3CNC3CC3)ccc2c1. The maximum atomic E-state index is 6.01. The summed E-state index contributed by atoms with van der Waals surface area (Å²) in [6.07, 6.45) is 4.16. The van der Waals surface area contributed by atoms with E-state index in [1.807, 2.05) is 0 Å². The Balaban J connectivity index is 1.56. The number of hydrogen-bond donors (Lipinski definition) is 1. The second-order valence-corrected chi connectivity index (χ2v) is 6.13. The minimum atomic E-state index is 0.269. The first-order valence-electron chi connectivity index (χ1n) is 7.74. The maximum Gasteiger partial charge on any atom is 0.0866 e. The molecular weight excluding hydrogens is 246 g/mol. The Morgan fingerprint density at radius 2 is 1.85 bits per heavy atom. The Hall–Kier alpha value is -1.38. The fourth-order valence-electron chi connectivity index (χ4n) is 3.20. The number of rotatable bonds is 4. The lowest BCUT2D eigenvalue weighted by Crippen LogP contribution is -2.26. The van der Waals surface area contributed by atoms with Crippen LogP contribution in [0.1, 0.15) is 30.9 Å². The van der Waals surface area contributed by atoms with Crippen LogP contribution >= 0.6 is 0 Å². The predicted octanol–water partition coefficient (Wildman–Crippen LogP) is 3.67. The minimum absolute atomic E-state index is 0.269. The molecule has 1 saturated heterocycles. The lowest BCUT2D eigenvalue weighted by molar-refractivity contribution is 0.0905. The van der Waals surface area contributed by atoms with Crippen LogP contribution in [0.2, 0.25) is 0 Å². The van der Waals surface area contributed by atoms with Crippen LogP contribution in [0.5, 0.6) is 0 Å². The highest BCUT2D eigenvalue weighted by Gasteiger charge is 2.31. The third-order valence-corrected chi connectivity index (χ3v) is 4.56. The average molecular weight is 267 g/mol. The third kappa shape index (κ3) is 2.46. The molecule has 1 heterocycles. The first-order valence-corrected chi connectivity index (χ1v) is 7.74. The Morgan fingerprint density at radius 1 is 1.00 bits per heavy atom. The van der Waals surface area contributed by atoms with Gasteiger partial charge in [0, 0.05) is 25.1 Å². The van der Waals surface area contributed by atoms with E-state index in [9.17, 15) is 0 Å². The molecule has 0 amide bonds. The molecule has 1 aliphatic carbocycles. The summed E-state index contributed by atoms with van der Waals surface area (Å²) in [5, 5.41) is 6.28. The van der Waals surface area contributed by atoms with Gasteiger partial charge in [0.2, 0.25) is 0 Å². The Bertz CT molecular complexity index is 605. The van der Waals surface area contributed by atoms with Crippen LogP contribution in [-0.2, 0) is 4.74 Å². The van der Waals surface area contributed by atoms with E-state index in [0.717, 1.165) is 19.2 Å². The van der Waals surface area contributed by atoms with Gasteiger partial charge in [-0.15, -0.1) is 0 Å². The van der Waals surface area contributed by atoms with E-state index in [1.54, 1.807) is 0 Å². The molecule has 2 fully saturated rings. The summed E-state index contributed by atoms with van der Waals surface area (Å²) in [5.74, 6) is 0.622. The van der Waals surface area contributed by atoms with Gasteiger partial charge in [0.1, 0.15) is 0 Å². The highest BCUT2D eigenvalue weighted by atomic mass is 16.5. The van der Waals surface area contributed by atoms with Crippen molar-refractivity contribution in [3.05, 3.63) is 48.0 Å². The van der Waals surface area contributed by atoms with Crippen molar-refractivity contribution in [1.29, 1.82) is 0 Å². The molecule has 0 spiro atoms. The topological polar surface area (TPSA) is 21.3 Å². The molecule has 2 aliphatic rings. The van der Waals surface area contributed by atoms with Crippen molar-refractivity contribution < 1.29 is 4.74 Å². The molecule has 1 saturated carbocycles. The maximum absolute atomic E-state index is 6.01. The molecule has 2 unspecified atom stereocenters. The molecule has 4 rings (SSSR count). The van der Waals surface area contributed by atoms with Crippen molar-refractivity contribution in [1.82, 2.24) is 5.32 Å². The van der Waals surface area contributed by atoms with Crippen LogP contribution < -0.4 is 5.32 Å². The van der Waals surface area contributed by atoms with E-state index in [2.05, 4.69) is 47.8 Å². The van der Waals surface area contributed by atoms with Crippen LogP contribution in [-0.4, -0.2) is 19.2 Å². The van der Waals surface area contributed by atoms with E-state index < -0.39 is 0 Å². The van der Waals surface area contributed by atoms with Gasteiger partial charge in [-0.25, -0.2) is 0 Å². The molecule has 104 valence electrons. The molecule has 1 aliphatic heterocycles. The van der Waals surface area contributed by atoms with Gasteiger partial charge < -0.3 is 10.1 Å². The fourth-order valence-corrected chi connectivity index (χ4v) is 3.20. The van der Waals surface area contributed by atoms with Crippen LogP contribution in [0.15, 0.2) is 42.5 Å². The molecule has 1 N–H and O–H groups in total. The molecule has 2 nitrogen and oxygen atoms in total. The fraction of sp³-hybridized carbons (Fsp3) is 0.444. The standard InChI is InChI=1S/C18H21NO/c1-2-4-14-11-15(6-5-13(14)3-1)18-16(9-10-20-18)12-19-17-7-8-17/h1-6,11,16-19H,7-10,12H2. The van der Waals surface area contributed by atoms with Crippen LogP contribution in [0.3, 0.4) is 0 Å². The summed E-state index contributed by atoms with van der Waals surface area (Å²) in [7, 11) is 0. The molecule has 2 aromatic carbocycles. The van der Waals surface area contributed by atoms with E-state index in [-0.39, 0.29) is 6.10 Å². The van der Waals surface area contributed by atoms with Crippen molar-refractivity contribution in [3.63, 3.8) is 0 Å². The summed E-state index contributed by atoms with van der Waals surface area (Å²) in [6.45, 7) is 2.00. The zero-order valence-corrected chi connectivity index (χ0v) is 11.7. The van der Waals surface area contributed by atoms with Crippen molar-refractivity contribution in [2.45, 2.75) is 31.4 Å². The molecule has 0 aromatic heterocycles. The van der Waals surface area contributed by atoms with Gasteiger partial charge >= 0.3 is 0 Å². The summed E-state index contributed by atoms with van der Waals surface area (Å²) in [4.78, 5) is 0. The summed E-state index contributed by atoms with van der Waals surface area (Å²) in [5.41, 5.74) is 1.34. The number of ether oxygens (including phenoxy) is 1. The monoisotopic (exact) mass is 267 g/mol. The van der Waals surface area contributed by atoms with Gasteiger partial charge in [0.05, 0.1) is 6.10 Å². The van der Waals surface area contributed by atoms with E-state index >= 15 is 0 Å². The van der Waals surface area contributed by atoms with Crippen molar-refractivity contribution in [3.8, 4) is 0 Å². The zero-order valence-electron chi connectivity index (χ0n) is 11.7. The lowest BCUT2D eigenvalue weighted by Gasteiger charge is -2.20. The molecule has 2 heteroatoms. The summed E-state index contributed by atoms with van der Waals surface area (Å²) >= 11 is 0. The van der Waals surface area contributed by atoms with Gasteiger partial charge in [0.15, 0.2) is 0 Å². The normalized spacial score (nSPS) is 26.2. The quantitative estimate of drug-likeness (QED) is 0.912. The van der Waals surface area contributed by atoms with Crippen LogP contribution in [0.25, 0.3) is 10.8 Å². The number of benzene rings is 2. The van der Waals surface area contributed by atoms with E-state index in [4.69, 9.17) is 4.74 Å². The molecule has 2 atom stereocenters. The van der Waals surface area contributed by atoms with Crippen molar-refractivity contribution in [2.24, 2.45) is 5.92 Å². The predicted molar refractivity (Wildman–Crippen MR) is 81.8 cm³/mol. The van der Waals surface area contributed by atoms with E-state index in [0.29, 0.717) is 5.92 Å². The zero-order chi connectivity index (χ0) is 13.4. The number of hydrogen-bond acceptors (Lipinski definition) is 2. The molecule has 0 bridgehead atoms. The van der Waals surface area contributed by atoms with Gasteiger partial charge in [0.25, 0.3) is 0 Å². The Labute approximate surface area is 120 Å². The van der Waals surface area contributed by atoms with Gasteiger partial charge in [-0.05, 0) is 41.7 Å². The molecular formula is C18H21NO.